The van der Waals surface area contributed by atoms with Gasteiger partial charge in [-0.2, -0.15) is 0 Å². The third kappa shape index (κ3) is 5.06. The molecule has 182 valence electrons. The minimum atomic E-state index is -3.53. The topological polar surface area (TPSA) is 94.2 Å². The summed E-state index contributed by atoms with van der Waals surface area (Å²) in [5, 5.41) is -0.533. The summed E-state index contributed by atoms with van der Waals surface area (Å²) in [7, 11) is -3.53. The lowest BCUT2D eigenvalue weighted by Gasteiger charge is -2.42. The number of sulfonamides is 1. The monoisotopic (exact) mass is 478 g/mol. The standard InChI is InChI=1S/C24H34N2O6S/c27-24-16-32-23-6-2-1-4-20(23)17-7-9-18(10-8-17)31-15-22-21(5-3-12-26(22)24)25-33(28,29)19-11-13-30-14-19/h1-2,4,6,17-19,21-22,25H,3,5,7-16H2/t17?,18?,19?,21-,22?/m0/s1. The molecule has 8 nitrogen and oxygen atoms in total. The molecule has 0 spiro atoms. The number of benzene rings is 1. The van der Waals surface area contributed by atoms with Crippen LogP contribution in [0.15, 0.2) is 24.3 Å². The van der Waals surface area contributed by atoms with Gasteiger partial charge in [0.25, 0.3) is 5.91 Å². The first-order valence-electron chi connectivity index (χ1n) is 12.2. The number of carbonyl (C=O) groups excluding carboxylic acids is 1. The highest BCUT2D eigenvalue weighted by Gasteiger charge is 2.40. The van der Waals surface area contributed by atoms with E-state index >= 15 is 0 Å². The number of nitrogens with zero attached hydrogens (tertiary/aromatic N) is 1. The van der Waals surface area contributed by atoms with Gasteiger partial charge in [-0.3, -0.25) is 4.79 Å². The van der Waals surface area contributed by atoms with E-state index in [1.165, 1.54) is 5.56 Å². The largest absolute Gasteiger partial charge is 0.483 e. The molecule has 0 radical (unpaired) electrons. The lowest BCUT2D eigenvalue weighted by Crippen LogP contribution is -2.60. The minimum Gasteiger partial charge on any atom is -0.483 e. The lowest BCUT2D eigenvalue weighted by atomic mass is 9.82. The van der Waals surface area contributed by atoms with Gasteiger partial charge in [-0.15, -0.1) is 0 Å². The Kier molecular flexibility index (Phi) is 6.92. The quantitative estimate of drug-likeness (QED) is 0.716. The van der Waals surface area contributed by atoms with E-state index in [1.54, 1.807) is 4.90 Å². The first-order chi connectivity index (χ1) is 16.0. The SMILES string of the molecule is O=C1COc2ccccc2C2CCC(CC2)OCC2[C@@H](NS(=O)(=O)C3CCOC3)CCCN12. The van der Waals surface area contributed by atoms with Crippen LogP contribution in [0.1, 0.15) is 56.4 Å². The number of ether oxygens (including phenoxy) is 3. The number of nitrogens with one attached hydrogen (secondary N) is 1. The molecule has 1 aromatic rings. The summed E-state index contributed by atoms with van der Waals surface area (Å²) in [5.41, 5.74) is 1.17. The first-order valence-corrected chi connectivity index (χ1v) is 13.8. The highest BCUT2D eigenvalue weighted by Crippen LogP contribution is 2.39. The molecule has 2 unspecified atom stereocenters. The number of carbonyl (C=O) groups is 1. The molecule has 4 aliphatic heterocycles. The molecule has 2 bridgehead atoms. The fraction of sp³-hybridized carbons (Fsp3) is 0.708. The maximum atomic E-state index is 13.3. The number of hydrogen-bond acceptors (Lipinski definition) is 6. The van der Waals surface area contributed by atoms with E-state index in [-0.39, 0.29) is 37.3 Å². The summed E-state index contributed by atoms with van der Waals surface area (Å²) in [6.45, 7) is 1.55. The Morgan fingerprint density at radius 3 is 2.61 bits per heavy atom. The fourth-order valence-electron chi connectivity index (χ4n) is 5.72. The summed E-state index contributed by atoms with van der Waals surface area (Å²) < 4.78 is 46.5. The van der Waals surface area contributed by atoms with Gasteiger partial charge in [-0.25, -0.2) is 13.1 Å². The van der Waals surface area contributed by atoms with Gasteiger partial charge in [-0.1, -0.05) is 18.2 Å². The van der Waals surface area contributed by atoms with Crippen LogP contribution >= 0.6 is 0 Å². The number of piperidine rings is 1. The van der Waals surface area contributed by atoms with Crippen LogP contribution in [-0.4, -0.2) is 75.6 Å². The van der Waals surface area contributed by atoms with Crippen LogP contribution in [0.4, 0.5) is 0 Å². The average Bonchev–Trinajstić information content (AvgIpc) is 3.38. The number of amides is 1. The normalized spacial score (nSPS) is 33.3. The van der Waals surface area contributed by atoms with Crippen molar-refractivity contribution in [3.05, 3.63) is 29.8 Å². The van der Waals surface area contributed by atoms with Crippen molar-refractivity contribution in [1.82, 2.24) is 9.62 Å². The molecule has 1 aliphatic carbocycles. The van der Waals surface area contributed by atoms with Gasteiger partial charge >= 0.3 is 0 Å². The van der Waals surface area contributed by atoms with Crippen molar-refractivity contribution in [3.63, 3.8) is 0 Å². The number of para-hydroxylation sites is 1. The molecule has 2 saturated heterocycles. The lowest BCUT2D eigenvalue weighted by molar-refractivity contribution is -0.140. The zero-order chi connectivity index (χ0) is 22.8. The third-order valence-electron chi connectivity index (χ3n) is 7.63. The Hall–Kier alpha value is -1.68. The highest BCUT2D eigenvalue weighted by atomic mass is 32.2. The van der Waals surface area contributed by atoms with Crippen molar-refractivity contribution < 1.29 is 27.4 Å². The average molecular weight is 479 g/mol. The van der Waals surface area contributed by atoms with Crippen molar-refractivity contribution in [2.45, 2.75) is 74.3 Å². The summed E-state index contributed by atoms with van der Waals surface area (Å²) >= 11 is 0. The van der Waals surface area contributed by atoms with Crippen molar-refractivity contribution in [2.24, 2.45) is 0 Å². The van der Waals surface area contributed by atoms with Gasteiger partial charge in [0.15, 0.2) is 6.61 Å². The van der Waals surface area contributed by atoms with Gasteiger partial charge in [0.1, 0.15) is 11.0 Å². The van der Waals surface area contributed by atoms with Crippen molar-refractivity contribution in [3.8, 4) is 5.75 Å². The molecule has 1 aromatic carbocycles. The summed E-state index contributed by atoms with van der Waals surface area (Å²) in [5.74, 6) is 1.06. The summed E-state index contributed by atoms with van der Waals surface area (Å²) in [6.07, 6.45) is 6.00. The van der Waals surface area contributed by atoms with Crippen LogP contribution in [-0.2, 0) is 24.3 Å². The maximum Gasteiger partial charge on any atom is 0.260 e. The first kappa shape index (κ1) is 23.1. The molecule has 4 heterocycles. The summed E-state index contributed by atoms with van der Waals surface area (Å²) in [6, 6.07) is 7.29. The van der Waals surface area contributed by atoms with Gasteiger partial charge in [0.2, 0.25) is 10.0 Å². The Balaban J connectivity index is 1.38. The second-order valence-electron chi connectivity index (χ2n) is 9.69. The third-order valence-corrected chi connectivity index (χ3v) is 9.51. The molecule has 33 heavy (non-hydrogen) atoms. The van der Waals surface area contributed by atoms with Crippen LogP contribution in [0.5, 0.6) is 5.75 Å². The van der Waals surface area contributed by atoms with Crippen LogP contribution < -0.4 is 9.46 Å². The van der Waals surface area contributed by atoms with E-state index in [9.17, 15) is 13.2 Å². The number of hydrogen-bond donors (Lipinski definition) is 1. The van der Waals surface area contributed by atoms with E-state index in [0.29, 0.717) is 38.5 Å². The predicted octanol–water partition coefficient (Wildman–Crippen LogP) is 2.19. The zero-order valence-electron chi connectivity index (χ0n) is 19.0. The van der Waals surface area contributed by atoms with Gasteiger partial charge < -0.3 is 19.1 Å². The van der Waals surface area contributed by atoms with Crippen molar-refractivity contribution >= 4 is 15.9 Å². The molecular weight excluding hydrogens is 444 g/mol. The van der Waals surface area contributed by atoms with Gasteiger partial charge in [-0.05, 0) is 62.5 Å². The molecule has 5 aliphatic rings. The molecule has 0 aromatic heterocycles. The predicted molar refractivity (Wildman–Crippen MR) is 123 cm³/mol. The van der Waals surface area contributed by atoms with E-state index in [2.05, 4.69) is 10.8 Å². The highest BCUT2D eigenvalue weighted by molar-refractivity contribution is 7.90. The van der Waals surface area contributed by atoms with Crippen LogP contribution in [0, 0.1) is 0 Å². The van der Waals surface area contributed by atoms with E-state index in [4.69, 9.17) is 14.2 Å². The van der Waals surface area contributed by atoms with Crippen LogP contribution in [0.2, 0.25) is 0 Å². The Morgan fingerprint density at radius 2 is 1.82 bits per heavy atom. The second kappa shape index (κ2) is 9.90. The second-order valence-corrected chi connectivity index (χ2v) is 11.7. The van der Waals surface area contributed by atoms with Crippen molar-refractivity contribution in [2.75, 3.05) is 33.0 Å². The molecule has 9 heteroatoms. The number of fused-ring (bicyclic) bond motifs is 5. The zero-order valence-corrected chi connectivity index (χ0v) is 19.8. The molecule has 3 atom stereocenters. The Bertz CT molecular complexity index is 940. The maximum absolute atomic E-state index is 13.3. The number of rotatable bonds is 3. The molecule has 3 fully saturated rings. The van der Waals surface area contributed by atoms with E-state index in [1.807, 2.05) is 18.2 Å². The Morgan fingerprint density at radius 1 is 1.00 bits per heavy atom. The fourth-order valence-corrected chi connectivity index (χ4v) is 7.29. The van der Waals surface area contributed by atoms with Crippen LogP contribution in [0.3, 0.4) is 0 Å². The van der Waals surface area contributed by atoms with Gasteiger partial charge in [0.05, 0.1) is 25.4 Å². The van der Waals surface area contributed by atoms with E-state index in [0.717, 1.165) is 37.9 Å². The molecule has 1 amide bonds. The van der Waals surface area contributed by atoms with E-state index < -0.39 is 15.3 Å². The Labute approximate surface area is 196 Å². The molecular formula is C24H34N2O6S. The summed E-state index contributed by atoms with van der Waals surface area (Å²) in [4.78, 5) is 15.0. The smallest absolute Gasteiger partial charge is 0.260 e. The molecule has 1 N–H and O–H groups in total. The minimum absolute atomic E-state index is 0.0560. The molecule has 1 saturated carbocycles. The van der Waals surface area contributed by atoms with Crippen molar-refractivity contribution in [1.29, 1.82) is 0 Å². The van der Waals surface area contributed by atoms with Crippen LogP contribution in [0.25, 0.3) is 0 Å². The van der Waals surface area contributed by atoms with Gasteiger partial charge in [0, 0.05) is 19.2 Å². The molecule has 6 rings (SSSR count).